The van der Waals surface area contributed by atoms with Gasteiger partial charge in [-0.3, -0.25) is 9.48 Å². The average Bonchev–Trinajstić information content (AvgIpc) is 2.80. The molecular weight excluding hydrogens is 288 g/mol. The van der Waals surface area contributed by atoms with E-state index in [0.717, 1.165) is 17.7 Å². The fourth-order valence-electron chi connectivity index (χ4n) is 1.72. The van der Waals surface area contributed by atoms with Gasteiger partial charge in [-0.1, -0.05) is 11.6 Å². The first kappa shape index (κ1) is 14.5. The van der Waals surface area contributed by atoms with Crippen molar-refractivity contribution >= 4 is 17.5 Å². The predicted molar refractivity (Wildman–Crippen MR) is 70.5 cm³/mol. The summed E-state index contributed by atoms with van der Waals surface area (Å²) in [6.45, 7) is 1.75. The lowest BCUT2D eigenvalue weighted by Gasteiger charge is -2.13. The van der Waals surface area contributed by atoms with Crippen molar-refractivity contribution < 1.29 is 13.6 Å². The molecule has 2 aromatic rings. The molecule has 4 nitrogen and oxygen atoms in total. The smallest absolute Gasteiger partial charge is 0.253 e. The number of aromatic nitrogens is 2. The summed E-state index contributed by atoms with van der Waals surface area (Å²) in [5, 5.41) is 6.50. The zero-order valence-corrected chi connectivity index (χ0v) is 11.6. The highest BCUT2D eigenvalue weighted by Crippen LogP contribution is 2.21. The Labute approximate surface area is 119 Å². The number of carbonyl (C=O) groups excluding carboxylic acids is 1. The minimum absolute atomic E-state index is 0.110. The van der Waals surface area contributed by atoms with Gasteiger partial charge in [0.1, 0.15) is 0 Å². The van der Waals surface area contributed by atoms with Crippen molar-refractivity contribution in [3.8, 4) is 0 Å². The molecule has 1 unspecified atom stereocenters. The summed E-state index contributed by atoms with van der Waals surface area (Å²) >= 11 is 5.75. The van der Waals surface area contributed by atoms with Crippen LogP contribution in [0.5, 0.6) is 0 Å². The molecule has 0 spiro atoms. The molecule has 0 fully saturated rings. The largest absolute Gasteiger partial charge is 0.345 e. The van der Waals surface area contributed by atoms with E-state index in [9.17, 15) is 13.6 Å². The molecule has 0 aliphatic rings. The van der Waals surface area contributed by atoms with Gasteiger partial charge >= 0.3 is 0 Å². The van der Waals surface area contributed by atoms with Crippen LogP contribution in [-0.4, -0.2) is 15.7 Å². The highest BCUT2D eigenvalue weighted by molar-refractivity contribution is 6.33. The first-order valence-corrected chi connectivity index (χ1v) is 6.20. The SMILES string of the molecule is CC(NC(=O)c1cc(F)c(F)cc1Cl)c1cnn(C)c1. The number of carbonyl (C=O) groups is 1. The maximum absolute atomic E-state index is 13.2. The molecule has 106 valence electrons. The summed E-state index contributed by atoms with van der Waals surface area (Å²) in [5.41, 5.74) is 0.681. The Morgan fingerprint density at radius 3 is 2.65 bits per heavy atom. The Bertz CT molecular complexity index is 657. The number of nitrogens with zero attached hydrogens (tertiary/aromatic N) is 2. The second kappa shape index (κ2) is 5.58. The van der Waals surface area contributed by atoms with Gasteiger partial charge in [-0.05, 0) is 19.1 Å². The van der Waals surface area contributed by atoms with Gasteiger partial charge in [0, 0.05) is 18.8 Å². The molecule has 0 saturated heterocycles. The third-order valence-electron chi connectivity index (χ3n) is 2.83. The van der Waals surface area contributed by atoms with E-state index in [4.69, 9.17) is 11.6 Å². The molecular formula is C13H12ClF2N3O. The van der Waals surface area contributed by atoms with Crippen LogP contribution < -0.4 is 5.32 Å². The van der Waals surface area contributed by atoms with Crippen LogP contribution in [0.1, 0.15) is 28.9 Å². The van der Waals surface area contributed by atoms with E-state index in [-0.39, 0.29) is 16.6 Å². The zero-order chi connectivity index (χ0) is 14.9. The van der Waals surface area contributed by atoms with Gasteiger partial charge in [0.15, 0.2) is 11.6 Å². The summed E-state index contributed by atoms with van der Waals surface area (Å²) in [4.78, 5) is 12.0. The maximum Gasteiger partial charge on any atom is 0.253 e. The molecule has 0 radical (unpaired) electrons. The van der Waals surface area contributed by atoms with Crippen LogP contribution in [0.2, 0.25) is 5.02 Å². The molecule has 2 rings (SSSR count). The number of aryl methyl sites for hydroxylation is 1. The van der Waals surface area contributed by atoms with Crippen LogP contribution in [0.15, 0.2) is 24.5 Å². The lowest BCUT2D eigenvalue weighted by Crippen LogP contribution is -2.27. The van der Waals surface area contributed by atoms with Gasteiger partial charge < -0.3 is 5.32 Å². The third kappa shape index (κ3) is 2.96. The Balaban J connectivity index is 2.18. The molecule has 1 atom stereocenters. The minimum atomic E-state index is -1.12. The standard InChI is InChI=1S/C13H12ClF2N3O/c1-7(8-5-17-19(2)6-8)18-13(20)9-3-11(15)12(16)4-10(9)14/h3-7H,1-2H3,(H,18,20). The average molecular weight is 300 g/mol. The van der Waals surface area contributed by atoms with E-state index in [2.05, 4.69) is 10.4 Å². The van der Waals surface area contributed by atoms with Crippen LogP contribution in [0.25, 0.3) is 0 Å². The van der Waals surface area contributed by atoms with Crippen LogP contribution in [-0.2, 0) is 7.05 Å². The topological polar surface area (TPSA) is 46.9 Å². The Morgan fingerprint density at radius 2 is 2.05 bits per heavy atom. The van der Waals surface area contributed by atoms with Crippen molar-refractivity contribution in [2.24, 2.45) is 7.05 Å². The molecule has 1 aromatic carbocycles. The molecule has 7 heteroatoms. The molecule has 0 aliphatic carbocycles. The molecule has 0 aliphatic heterocycles. The van der Waals surface area contributed by atoms with Gasteiger partial charge in [-0.15, -0.1) is 0 Å². The highest BCUT2D eigenvalue weighted by atomic mass is 35.5. The molecule has 1 amide bonds. The second-order valence-corrected chi connectivity index (χ2v) is 4.80. The predicted octanol–water partition coefficient (Wildman–Crippen LogP) is 2.84. The highest BCUT2D eigenvalue weighted by Gasteiger charge is 2.17. The van der Waals surface area contributed by atoms with Crippen LogP contribution in [0.3, 0.4) is 0 Å². The first-order valence-electron chi connectivity index (χ1n) is 5.82. The first-order chi connectivity index (χ1) is 9.38. The van der Waals surface area contributed by atoms with Crippen molar-refractivity contribution in [2.75, 3.05) is 0 Å². The Morgan fingerprint density at radius 1 is 1.40 bits per heavy atom. The molecule has 20 heavy (non-hydrogen) atoms. The number of nitrogens with one attached hydrogen (secondary N) is 1. The van der Waals surface area contributed by atoms with Crippen molar-refractivity contribution in [2.45, 2.75) is 13.0 Å². The fraction of sp³-hybridized carbons (Fsp3) is 0.231. The van der Waals surface area contributed by atoms with E-state index in [1.54, 1.807) is 31.0 Å². The van der Waals surface area contributed by atoms with E-state index in [1.807, 2.05) is 0 Å². The van der Waals surface area contributed by atoms with Crippen LogP contribution >= 0.6 is 11.6 Å². The van der Waals surface area contributed by atoms with Crippen LogP contribution in [0.4, 0.5) is 8.78 Å². The normalized spacial score (nSPS) is 12.2. The monoisotopic (exact) mass is 299 g/mol. The lowest BCUT2D eigenvalue weighted by atomic mass is 10.1. The summed E-state index contributed by atoms with van der Waals surface area (Å²) in [7, 11) is 1.75. The maximum atomic E-state index is 13.2. The van der Waals surface area contributed by atoms with Crippen molar-refractivity contribution in [1.29, 1.82) is 0 Å². The molecule has 1 heterocycles. The molecule has 0 saturated carbocycles. The Kier molecular flexibility index (Phi) is 4.04. The number of amides is 1. The van der Waals surface area contributed by atoms with Gasteiger partial charge in [0.2, 0.25) is 0 Å². The van der Waals surface area contributed by atoms with Gasteiger partial charge in [0.05, 0.1) is 22.8 Å². The second-order valence-electron chi connectivity index (χ2n) is 4.39. The van der Waals surface area contributed by atoms with Gasteiger partial charge in [-0.25, -0.2) is 8.78 Å². The number of hydrogen-bond donors (Lipinski definition) is 1. The van der Waals surface area contributed by atoms with E-state index in [0.29, 0.717) is 0 Å². The Hall–Kier alpha value is -1.95. The number of benzene rings is 1. The molecule has 0 bridgehead atoms. The van der Waals surface area contributed by atoms with E-state index < -0.39 is 17.5 Å². The molecule has 1 aromatic heterocycles. The number of halogens is 3. The minimum Gasteiger partial charge on any atom is -0.345 e. The third-order valence-corrected chi connectivity index (χ3v) is 3.14. The number of rotatable bonds is 3. The van der Waals surface area contributed by atoms with Crippen molar-refractivity contribution in [3.63, 3.8) is 0 Å². The van der Waals surface area contributed by atoms with Gasteiger partial charge in [-0.2, -0.15) is 5.10 Å². The lowest BCUT2D eigenvalue weighted by molar-refractivity contribution is 0.0939. The summed E-state index contributed by atoms with van der Waals surface area (Å²) in [6.07, 6.45) is 3.36. The summed E-state index contributed by atoms with van der Waals surface area (Å²) in [6, 6.07) is 1.23. The van der Waals surface area contributed by atoms with E-state index >= 15 is 0 Å². The molecule has 1 N–H and O–H groups in total. The fourth-order valence-corrected chi connectivity index (χ4v) is 1.95. The number of hydrogen-bond acceptors (Lipinski definition) is 2. The zero-order valence-electron chi connectivity index (χ0n) is 10.8. The van der Waals surface area contributed by atoms with E-state index in [1.165, 1.54) is 0 Å². The van der Waals surface area contributed by atoms with Crippen molar-refractivity contribution in [1.82, 2.24) is 15.1 Å². The summed E-state index contributed by atoms with van der Waals surface area (Å²) < 4.78 is 27.7. The van der Waals surface area contributed by atoms with Crippen molar-refractivity contribution in [3.05, 3.63) is 52.3 Å². The summed E-state index contributed by atoms with van der Waals surface area (Å²) in [5.74, 6) is -2.79. The van der Waals surface area contributed by atoms with Gasteiger partial charge in [0.25, 0.3) is 5.91 Å². The quantitative estimate of drug-likeness (QED) is 0.886. The van der Waals surface area contributed by atoms with Crippen LogP contribution in [0, 0.1) is 11.6 Å².